The van der Waals surface area contributed by atoms with Crippen LogP contribution in [0.2, 0.25) is 0 Å². The molecule has 0 aromatic heterocycles. The number of nitrogens with one attached hydrogen (secondary N) is 1. The fourth-order valence-corrected chi connectivity index (χ4v) is 2.04. The highest BCUT2D eigenvalue weighted by molar-refractivity contribution is 5.14. The lowest BCUT2D eigenvalue weighted by Gasteiger charge is -2.33. The van der Waals surface area contributed by atoms with Gasteiger partial charge in [0.2, 0.25) is 5.79 Å². The molecule has 1 N–H and O–H groups in total. The Morgan fingerprint density at radius 3 is 2.79 bits per heavy atom. The van der Waals surface area contributed by atoms with Crippen LogP contribution in [0.1, 0.15) is 25.8 Å². The molecule has 0 amide bonds. The third-order valence-electron chi connectivity index (χ3n) is 2.83. The summed E-state index contributed by atoms with van der Waals surface area (Å²) in [6.45, 7) is 8.39. The quantitative estimate of drug-likeness (QED) is 0.903. The van der Waals surface area contributed by atoms with E-state index in [1.165, 1.54) is 5.56 Å². The van der Waals surface area contributed by atoms with Crippen LogP contribution in [0.5, 0.6) is 0 Å². The molecule has 3 nitrogen and oxygen atoms in total. The van der Waals surface area contributed by atoms with E-state index in [0.29, 0.717) is 5.76 Å². The molecule has 1 atom stereocenters. The van der Waals surface area contributed by atoms with Crippen LogP contribution in [0, 0.1) is 0 Å². The van der Waals surface area contributed by atoms with Gasteiger partial charge in [0.05, 0.1) is 0 Å². The van der Waals surface area contributed by atoms with Crippen LogP contribution in [-0.2, 0) is 16.0 Å². The lowest BCUT2D eigenvalue weighted by molar-refractivity contribution is -0.222. The second kappa shape index (κ2) is 6.04. The molecule has 1 aliphatic rings. The highest BCUT2D eigenvalue weighted by Crippen LogP contribution is 2.21. The normalized spacial score (nSPS) is 24.1. The van der Waals surface area contributed by atoms with Crippen LogP contribution in [0.25, 0.3) is 0 Å². The summed E-state index contributed by atoms with van der Waals surface area (Å²) in [6, 6.07) is 10.3. The van der Waals surface area contributed by atoms with E-state index in [4.69, 9.17) is 9.47 Å². The average molecular weight is 259 g/mol. The molecule has 1 aromatic rings. The standard InChI is InChI=1S/C16H21NO2/c1-13-8-7-11-15(19-16(2,3)18-13)17-12-14-9-5-4-6-10-14/h4-10,15,17H,1,11-12H2,2-3H3/b8-7-. The molecular weight excluding hydrogens is 238 g/mol. The second-order valence-electron chi connectivity index (χ2n) is 5.08. The highest BCUT2D eigenvalue weighted by atomic mass is 16.7. The minimum absolute atomic E-state index is 0.0699. The van der Waals surface area contributed by atoms with E-state index in [1.54, 1.807) is 0 Å². The summed E-state index contributed by atoms with van der Waals surface area (Å²) in [5.74, 6) is -0.0394. The number of ether oxygens (including phenoxy) is 2. The van der Waals surface area contributed by atoms with Gasteiger partial charge < -0.3 is 9.47 Å². The Bertz CT molecular complexity index is 451. The van der Waals surface area contributed by atoms with Gasteiger partial charge in [0.25, 0.3) is 0 Å². The Labute approximate surface area is 114 Å². The van der Waals surface area contributed by atoms with Crippen molar-refractivity contribution in [2.75, 3.05) is 0 Å². The van der Waals surface area contributed by atoms with Crippen molar-refractivity contribution in [3.8, 4) is 0 Å². The monoisotopic (exact) mass is 259 g/mol. The Hall–Kier alpha value is -1.58. The van der Waals surface area contributed by atoms with Crippen molar-refractivity contribution in [2.45, 2.75) is 38.8 Å². The third-order valence-corrected chi connectivity index (χ3v) is 2.83. The first-order valence-electron chi connectivity index (χ1n) is 6.55. The van der Waals surface area contributed by atoms with Gasteiger partial charge in [0.1, 0.15) is 12.0 Å². The molecule has 19 heavy (non-hydrogen) atoms. The molecule has 1 aliphatic heterocycles. The van der Waals surface area contributed by atoms with Crippen molar-refractivity contribution in [1.82, 2.24) is 5.32 Å². The van der Waals surface area contributed by atoms with Crippen molar-refractivity contribution in [3.63, 3.8) is 0 Å². The highest BCUT2D eigenvalue weighted by Gasteiger charge is 2.26. The van der Waals surface area contributed by atoms with Crippen molar-refractivity contribution < 1.29 is 9.47 Å². The van der Waals surface area contributed by atoms with Gasteiger partial charge in [-0.3, -0.25) is 5.32 Å². The fraction of sp³-hybridized carbons (Fsp3) is 0.375. The maximum Gasteiger partial charge on any atom is 0.206 e. The summed E-state index contributed by atoms with van der Waals surface area (Å²) in [6.07, 6.45) is 4.62. The first-order valence-corrected chi connectivity index (χ1v) is 6.55. The maximum absolute atomic E-state index is 5.93. The predicted molar refractivity (Wildman–Crippen MR) is 76.2 cm³/mol. The van der Waals surface area contributed by atoms with Crippen LogP contribution in [-0.4, -0.2) is 12.0 Å². The van der Waals surface area contributed by atoms with Gasteiger partial charge >= 0.3 is 0 Å². The number of hydrogen-bond acceptors (Lipinski definition) is 3. The van der Waals surface area contributed by atoms with Gasteiger partial charge in [-0.05, 0) is 11.6 Å². The lowest BCUT2D eigenvalue weighted by Crippen LogP contribution is -2.41. The number of benzene rings is 1. The van der Waals surface area contributed by atoms with Gasteiger partial charge in [-0.15, -0.1) is 0 Å². The Balaban J connectivity index is 1.95. The summed E-state index contributed by atoms with van der Waals surface area (Å²) in [5, 5.41) is 3.39. The summed E-state index contributed by atoms with van der Waals surface area (Å²) >= 11 is 0. The molecule has 0 bridgehead atoms. The zero-order valence-corrected chi connectivity index (χ0v) is 11.6. The molecule has 2 rings (SSSR count). The van der Waals surface area contributed by atoms with Crippen molar-refractivity contribution in [2.24, 2.45) is 0 Å². The van der Waals surface area contributed by atoms with Gasteiger partial charge in [0, 0.05) is 26.8 Å². The lowest BCUT2D eigenvalue weighted by atomic mass is 10.2. The first-order chi connectivity index (χ1) is 9.05. The second-order valence-corrected chi connectivity index (χ2v) is 5.08. The van der Waals surface area contributed by atoms with E-state index in [0.717, 1.165) is 13.0 Å². The van der Waals surface area contributed by atoms with Crippen molar-refractivity contribution in [1.29, 1.82) is 0 Å². The smallest absolute Gasteiger partial charge is 0.206 e. The summed E-state index contributed by atoms with van der Waals surface area (Å²) < 4.78 is 11.5. The van der Waals surface area contributed by atoms with Crippen LogP contribution < -0.4 is 5.32 Å². The minimum atomic E-state index is -0.670. The Morgan fingerprint density at radius 2 is 2.05 bits per heavy atom. The average Bonchev–Trinajstić information content (AvgIpc) is 2.34. The zero-order valence-electron chi connectivity index (χ0n) is 11.6. The van der Waals surface area contributed by atoms with Crippen molar-refractivity contribution in [3.05, 3.63) is 60.4 Å². The molecule has 1 heterocycles. The molecule has 0 fully saturated rings. The van der Waals surface area contributed by atoms with E-state index in [9.17, 15) is 0 Å². The molecule has 0 radical (unpaired) electrons. The number of allylic oxidation sites excluding steroid dienone is 1. The summed E-state index contributed by atoms with van der Waals surface area (Å²) in [7, 11) is 0. The van der Waals surface area contributed by atoms with Crippen LogP contribution >= 0.6 is 0 Å². The van der Waals surface area contributed by atoms with E-state index >= 15 is 0 Å². The van der Waals surface area contributed by atoms with Gasteiger partial charge in [0.15, 0.2) is 0 Å². The molecule has 1 unspecified atom stereocenters. The van der Waals surface area contributed by atoms with Crippen LogP contribution in [0.3, 0.4) is 0 Å². The van der Waals surface area contributed by atoms with Gasteiger partial charge in [-0.1, -0.05) is 43.0 Å². The fourth-order valence-electron chi connectivity index (χ4n) is 2.04. The van der Waals surface area contributed by atoms with Crippen molar-refractivity contribution >= 4 is 0 Å². The van der Waals surface area contributed by atoms with Gasteiger partial charge in [-0.25, -0.2) is 0 Å². The Kier molecular flexibility index (Phi) is 4.40. The SMILES string of the molecule is C=C1/C=C\CC(NCc2ccccc2)OC(C)(C)O1. The molecule has 0 aliphatic carbocycles. The molecule has 3 heteroatoms. The maximum atomic E-state index is 5.93. The van der Waals surface area contributed by atoms with E-state index in [-0.39, 0.29) is 6.23 Å². The topological polar surface area (TPSA) is 30.5 Å². The zero-order chi connectivity index (χ0) is 13.7. The molecule has 102 valence electrons. The summed E-state index contributed by atoms with van der Waals surface area (Å²) in [4.78, 5) is 0. The molecule has 0 spiro atoms. The van der Waals surface area contributed by atoms with Crippen LogP contribution in [0.4, 0.5) is 0 Å². The number of rotatable bonds is 3. The molecule has 1 aromatic carbocycles. The number of hydrogen-bond donors (Lipinski definition) is 1. The third kappa shape index (κ3) is 4.54. The predicted octanol–water partition coefficient (Wildman–Crippen LogP) is 3.35. The summed E-state index contributed by atoms with van der Waals surface area (Å²) in [5.41, 5.74) is 1.24. The van der Waals surface area contributed by atoms with Crippen LogP contribution in [0.15, 0.2) is 54.8 Å². The minimum Gasteiger partial charge on any atom is -0.464 e. The Morgan fingerprint density at radius 1 is 1.32 bits per heavy atom. The van der Waals surface area contributed by atoms with E-state index in [1.807, 2.05) is 44.2 Å². The first kappa shape index (κ1) is 13.8. The molecule has 0 saturated carbocycles. The van der Waals surface area contributed by atoms with E-state index < -0.39 is 5.79 Å². The van der Waals surface area contributed by atoms with Gasteiger partial charge in [-0.2, -0.15) is 0 Å². The largest absolute Gasteiger partial charge is 0.464 e. The molecule has 0 saturated heterocycles. The van der Waals surface area contributed by atoms with E-state index in [2.05, 4.69) is 24.0 Å². The molecular formula is C16H21NO2.